The van der Waals surface area contributed by atoms with Gasteiger partial charge in [0, 0.05) is 13.1 Å². The largest absolute Gasteiger partial charge is 0.497 e. The van der Waals surface area contributed by atoms with Crippen molar-refractivity contribution in [2.45, 2.75) is 50.6 Å². The lowest BCUT2D eigenvalue weighted by molar-refractivity contribution is 0.0606. The van der Waals surface area contributed by atoms with Crippen molar-refractivity contribution in [3.63, 3.8) is 0 Å². The van der Waals surface area contributed by atoms with Gasteiger partial charge in [-0.05, 0) is 61.1 Å². The molecule has 0 amide bonds. The summed E-state index contributed by atoms with van der Waals surface area (Å²) in [4.78, 5) is 0. The van der Waals surface area contributed by atoms with Crippen LogP contribution in [0.3, 0.4) is 0 Å². The highest BCUT2D eigenvalue weighted by molar-refractivity contribution is 7.89. The molecule has 0 spiro atoms. The van der Waals surface area contributed by atoms with Crippen LogP contribution in [0.15, 0.2) is 48.5 Å². The normalized spacial score (nSPS) is 16.7. The lowest BCUT2D eigenvalue weighted by Crippen LogP contribution is -2.46. The van der Waals surface area contributed by atoms with Crippen molar-refractivity contribution >= 4 is 10.0 Å². The van der Waals surface area contributed by atoms with Crippen LogP contribution in [-0.4, -0.2) is 43.4 Å². The van der Waals surface area contributed by atoms with Gasteiger partial charge in [0.1, 0.15) is 11.5 Å². The van der Waals surface area contributed by atoms with Crippen LogP contribution in [0.2, 0.25) is 0 Å². The third kappa shape index (κ3) is 5.14. The Morgan fingerprint density at radius 3 is 1.70 bits per heavy atom. The van der Waals surface area contributed by atoms with E-state index < -0.39 is 21.4 Å². The fourth-order valence-electron chi connectivity index (χ4n) is 3.68. The van der Waals surface area contributed by atoms with E-state index in [2.05, 4.69) is 0 Å². The van der Waals surface area contributed by atoms with E-state index in [9.17, 15) is 13.5 Å². The van der Waals surface area contributed by atoms with Gasteiger partial charge in [-0.1, -0.05) is 30.7 Å². The Kier molecular flexibility index (Phi) is 7.39. The van der Waals surface area contributed by atoms with Crippen LogP contribution >= 0.6 is 0 Å². The predicted octanol–water partition coefficient (Wildman–Crippen LogP) is 3.59. The van der Waals surface area contributed by atoms with Gasteiger partial charge in [-0.2, -0.15) is 4.31 Å². The van der Waals surface area contributed by atoms with E-state index in [1.807, 2.05) is 48.5 Å². The Bertz CT molecular complexity index is 858. The SMILES string of the molecule is COc1ccc(CN(Cc2ccc(OC)cc2)S(=O)(=O)[C@H](C)[C@H](O)C2CCC2)cc1. The lowest BCUT2D eigenvalue weighted by atomic mass is 9.80. The summed E-state index contributed by atoms with van der Waals surface area (Å²) in [5.41, 5.74) is 1.72. The van der Waals surface area contributed by atoms with Crippen LogP contribution in [0.25, 0.3) is 0 Å². The second-order valence-corrected chi connectivity index (χ2v) is 10.2. The number of benzene rings is 2. The van der Waals surface area contributed by atoms with E-state index in [4.69, 9.17) is 9.47 Å². The first-order chi connectivity index (χ1) is 14.3. The van der Waals surface area contributed by atoms with Gasteiger partial charge in [0.15, 0.2) is 0 Å². The molecule has 0 bridgehead atoms. The van der Waals surface area contributed by atoms with Crippen LogP contribution < -0.4 is 9.47 Å². The maximum atomic E-state index is 13.5. The fourth-order valence-corrected chi connectivity index (χ4v) is 5.38. The third-order valence-electron chi connectivity index (χ3n) is 5.98. The Morgan fingerprint density at radius 2 is 1.37 bits per heavy atom. The fraction of sp³-hybridized carbons (Fsp3) is 0.478. The average Bonchev–Trinajstić information content (AvgIpc) is 2.72. The minimum atomic E-state index is -3.73. The van der Waals surface area contributed by atoms with E-state index >= 15 is 0 Å². The van der Waals surface area contributed by atoms with Crippen molar-refractivity contribution in [2.75, 3.05) is 14.2 Å². The van der Waals surface area contributed by atoms with Crippen LogP contribution in [0.5, 0.6) is 11.5 Å². The van der Waals surface area contributed by atoms with Gasteiger partial charge in [0.2, 0.25) is 10.0 Å². The van der Waals surface area contributed by atoms with Gasteiger partial charge in [0.05, 0.1) is 25.6 Å². The third-order valence-corrected chi connectivity index (χ3v) is 8.18. The van der Waals surface area contributed by atoms with Gasteiger partial charge in [-0.3, -0.25) is 0 Å². The topological polar surface area (TPSA) is 76.1 Å². The predicted molar refractivity (Wildman–Crippen MR) is 117 cm³/mol. The number of aliphatic hydroxyl groups excluding tert-OH is 1. The number of nitrogens with zero attached hydrogens (tertiary/aromatic N) is 1. The standard InChI is InChI=1S/C23H31NO5S/c1-17(23(25)20-5-4-6-20)30(26,27)24(15-18-7-11-21(28-2)12-8-18)16-19-9-13-22(29-3)14-10-19/h7-14,17,20,23,25H,4-6,15-16H2,1-3H3/t17-,23+/m1/s1. The summed E-state index contributed by atoms with van der Waals surface area (Å²) in [5.74, 6) is 1.51. The number of rotatable bonds is 10. The Labute approximate surface area is 179 Å². The first-order valence-corrected chi connectivity index (χ1v) is 11.8. The van der Waals surface area contributed by atoms with Gasteiger partial charge >= 0.3 is 0 Å². The summed E-state index contributed by atoms with van der Waals surface area (Å²) in [5, 5.41) is 9.79. The van der Waals surface area contributed by atoms with Gasteiger partial charge in [-0.15, -0.1) is 0 Å². The molecular weight excluding hydrogens is 402 g/mol. The molecule has 0 saturated heterocycles. The molecule has 7 heteroatoms. The van der Waals surface area contributed by atoms with Crippen LogP contribution in [0.4, 0.5) is 0 Å². The van der Waals surface area contributed by atoms with Crippen LogP contribution in [0.1, 0.15) is 37.3 Å². The van der Waals surface area contributed by atoms with Gasteiger partial charge < -0.3 is 14.6 Å². The molecule has 1 saturated carbocycles. The Balaban J connectivity index is 1.85. The number of ether oxygens (including phenoxy) is 2. The summed E-state index contributed by atoms with van der Waals surface area (Å²) < 4.78 is 38.8. The summed E-state index contributed by atoms with van der Waals surface area (Å²) in [7, 11) is -0.536. The number of aliphatic hydroxyl groups is 1. The molecule has 0 aromatic heterocycles. The highest BCUT2D eigenvalue weighted by atomic mass is 32.2. The second kappa shape index (κ2) is 9.81. The van der Waals surface area contributed by atoms with Gasteiger partial charge in [-0.25, -0.2) is 8.42 Å². The molecule has 0 radical (unpaired) electrons. The minimum Gasteiger partial charge on any atom is -0.497 e. The summed E-state index contributed by atoms with van der Waals surface area (Å²) in [6, 6.07) is 14.7. The zero-order valence-corrected chi connectivity index (χ0v) is 18.6. The summed E-state index contributed by atoms with van der Waals surface area (Å²) in [6.45, 7) is 2.06. The molecule has 0 unspecified atom stereocenters. The van der Waals surface area contributed by atoms with E-state index in [0.717, 1.165) is 41.9 Å². The van der Waals surface area contributed by atoms with Crippen molar-refractivity contribution in [3.05, 3.63) is 59.7 Å². The monoisotopic (exact) mass is 433 g/mol. The maximum absolute atomic E-state index is 13.5. The van der Waals surface area contributed by atoms with Crippen LogP contribution in [0, 0.1) is 5.92 Å². The molecule has 1 fully saturated rings. The van der Waals surface area contributed by atoms with Gasteiger partial charge in [0.25, 0.3) is 0 Å². The van der Waals surface area contributed by atoms with Crippen molar-refractivity contribution in [3.8, 4) is 11.5 Å². The van der Waals surface area contributed by atoms with Crippen LogP contribution in [-0.2, 0) is 23.1 Å². The quantitative estimate of drug-likeness (QED) is 0.620. The number of methoxy groups -OCH3 is 2. The van der Waals surface area contributed by atoms with E-state index in [1.54, 1.807) is 21.1 Å². The highest BCUT2D eigenvalue weighted by Gasteiger charge is 2.39. The maximum Gasteiger partial charge on any atom is 0.219 e. The molecule has 1 aliphatic rings. The van der Waals surface area contributed by atoms with E-state index in [-0.39, 0.29) is 19.0 Å². The van der Waals surface area contributed by atoms with E-state index in [0.29, 0.717) is 0 Å². The zero-order valence-electron chi connectivity index (χ0n) is 17.8. The van der Waals surface area contributed by atoms with E-state index in [1.165, 1.54) is 4.31 Å². The first-order valence-electron chi connectivity index (χ1n) is 10.3. The molecular formula is C23H31NO5S. The molecule has 2 atom stereocenters. The van der Waals surface area contributed by atoms with Crippen molar-refractivity contribution < 1.29 is 23.0 Å². The molecule has 0 heterocycles. The number of sulfonamides is 1. The molecule has 164 valence electrons. The molecule has 0 aliphatic heterocycles. The first kappa shape index (κ1) is 22.6. The highest BCUT2D eigenvalue weighted by Crippen LogP contribution is 2.33. The number of hydrogen-bond donors (Lipinski definition) is 1. The second-order valence-electron chi connectivity index (χ2n) is 7.90. The molecule has 30 heavy (non-hydrogen) atoms. The summed E-state index contributed by atoms with van der Waals surface area (Å²) in [6.07, 6.45) is 1.98. The minimum absolute atomic E-state index is 0.0681. The average molecular weight is 434 g/mol. The number of hydrogen-bond acceptors (Lipinski definition) is 5. The van der Waals surface area contributed by atoms with Crippen molar-refractivity contribution in [2.24, 2.45) is 5.92 Å². The molecule has 6 nitrogen and oxygen atoms in total. The molecule has 3 rings (SSSR count). The Morgan fingerprint density at radius 1 is 0.933 bits per heavy atom. The summed E-state index contributed by atoms with van der Waals surface area (Å²) >= 11 is 0. The molecule has 2 aromatic carbocycles. The lowest BCUT2D eigenvalue weighted by Gasteiger charge is -2.35. The smallest absolute Gasteiger partial charge is 0.219 e. The molecule has 1 N–H and O–H groups in total. The zero-order chi connectivity index (χ0) is 21.7. The van der Waals surface area contributed by atoms with Crippen molar-refractivity contribution in [1.29, 1.82) is 0 Å². The van der Waals surface area contributed by atoms with Crippen molar-refractivity contribution in [1.82, 2.24) is 4.31 Å². The Hall–Kier alpha value is -2.09. The molecule has 2 aromatic rings. The molecule has 1 aliphatic carbocycles.